The molecule has 0 spiro atoms. The number of para-hydroxylation sites is 2. The monoisotopic (exact) mass is 588 g/mol. The minimum atomic E-state index is 1.12. The molecular weight excluding hydrogens is 556 g/mol. The first-order valence-corrected chi connectivity index (χ1v) is 15.7. The number of nitrogens with zero attached hydrogens (tertiary/aromatic N) is 2. The summed E-state index contributed by atoms with van der Waals surface area (Å²) >= 11 is 0. The summed E-state index contributed by atoms with van der Waals surface area (Å²) in [6.07, 6.45) is 0. The second-order valence-corrected chi connectivity index (χ2v) is 11.5. The molecule has 0 unspecified atom stereocenters. The zero-order chi connectivity index (χ0) is 30.7. The van der Waals surface area contributed by atoms with Gasteiger partial charge in [0.2, 0.25) is 0 Å². The van der Waals surface area contributed by atoms with Crippen molar-refractivity contribution in [3.8, 4) is 11.1 Å². The molecule has 0 atom stereocenters. The van der Waals surface area contributed by atoms with E-state index in [1.807, 2.05) is 0 Å². The van der Waals surface area contributed by atoms with Crippen molar-refractivity contribution in [1.29, 1.82) is 0 Å². The lowest BCUT2D eigenvalue weighted by atomic mass is 10.0. The number of hydrogen-bond acceptors (Lipinski definition) is 2. The van der Waals surface area contributed by atoms with Crippen LogP contribution in [0.2, 0.25) is 0 Å². The molecular formula is C44H32N2. The Bertz CT molecular complexity index is 2080. The van der Waals surface area contributed by atoms with Crippen molar-refractivity contribution < 1.29 is 0 Å². The predicted molar refractivity (Wildman–Crippen MR) is 196 cm³/mol. The average Bonchev–Trinajstić information content (AvgIpc) is 3.13. The van der Waals surface area contributed by atoms with Crippen LogP contribution in [0, 0.1) is 0 Å². The van der Waals surface area contributed by atoms with Crippen LogP contribution in [0.5, 0.6) is 0 Å². The number of hydrogen-bond donors (Lipinski definition) is 0. The molecule has 8 aromatic rings. The van der Waals surface area contributed by atoms with Gasteiger partial charge in [-0.05, 0) is 105 Å². The molecule has 0 fully saturated rings. The van der Waals surface area contributed by atoms with E-state index in [1.54, 1.807) is 0 Å². The van der Waals surface area contributed by atoms with Gasteiger partial charge in [0.25, 0.3) is 0 Å². The minimum absolute atomic E-state index is 1.12. The number of anilines is 6. The van der Waals surface area contributed by atoms with Gasteiger partial charge in [-0.2, -0.15) is 0 Å². The smallest absolute Gasteiger partial charge is 0.0468 e. The summed E-state index contributed by atoms with van der Waals surface area (Å²) in [7, 11) is 0. The summed E-state index contributed by atoms with van der Waals surface area (Å²) in [6.45, 7) is 0. The van der Waals surface area contributed by atoms with E-state index >= 15 is 0 Å². The molecule has 8 aromatic carbocycles. The third-order valence-corrected chi connectivity index (χ3v) is 8.60. The third kappa shape index (κ3) is 5.38. The first-order valence-electron chi connectivity index (χ1n) is 15.7. The van der Waals surface area contributed by atoms with Crippen molar-refractivity contribution in [2.45, 2.75) is 0 Å². The molecule has 0 aromatic heterocycles. The minimum Gasteiger partial charge on any atom is -0.310 e. The Morgan fingerprint density at radius 1 is 0.217 bits per heavy atom. The molecule has 8 rings (SSSR count). The second-order valence-electron chi connectivity index (χ2n) is 11.5. The van der Waals surface area contributed by atoms with E-state index in [2.05, 4.69) is 204 Å². The number of benzene rings is 8. The maximum atomic E-state index is 2.32. The van der Waals surface area contributed by atoms with E-state index in [4.69, 9.17) is 0 Å². The largest absolute Gasteiger partial charge is 0.310 e. The average molecular weight is 589 g/mol. The van der Waals surface area contributed by atoms with Crippen molar-refractivity contribution in [2.24, 2.45) is 0 Å². The van der Waals surface area contributed by atoms with E-state index in [0.717, 1.165) is 34.1 Å². The summed E-state index contributed by atoms with van der Waals surface area (Å²) in [5, 5.41) is 4.94. The first-order chi connectivity index (χ1) is 22.8. The Kier molecular flexibility index (Phi) is 7.22. The van der Waals surface area contributed by atoms with Gasteiger partial charge in [-0.3, -0.25) is 0 Å². The van der Waals surface area contributed by atoms with Gasteiger partial charge in [0.15, 0.2) is 0 Å². The van der Waals surface area contributed by atoms with Crippen LogP contribution in [0.1, 0.15) is 0 Å². The van der Waals surface area contributed by atoms with Crippen LogP contribution in [0.3, 0.4) is 0 Å². The molecule has 0 bridgehead atoms. The van der Waals surface area contributed by atoms with Gasteiger partial charge in [0.1, 0.15) is 0 Å². The highest BCUT2D eigenvalue weighted by molar-refractivity contribution is 5.91. The molecule has 0 saturated heterocycles. The highest BCUT2D eigenvalue weighted by Crippen LogP contribution is 2.39. The number of rotatable bonds is 7. The summed E-state index contributed by atoms with van der Waals surface area (Å²) in [5.41, 5.74) is 9.13. The third-order valence-electron chi connectivity index (χ3n) is 8.60. The molecule has 2 nitrogen and oxygen atoms in total. The fourth-order valence-electron chi connectivity index (χ4n) is 6.29. The first kappa shape index (κ1) is 27.4. The Balaban J connectivity index is 1.13. The lowest BCUT2D eigenvalue weighted by Gasteiger charge is -2.26. The Labute approximate surface area is 270 Å². The standard InChI is InChI=1S/C44H32N2/c1-3-15-39(16-4-1)45(43-29-23-33-11-7-9-13-37(33)31-43)41-25-19-35(20-26-41)36-21-27-42(28-22-36)46(40-17-5-2-6-18-40)44-30-24-34-12-8-10-14-38(34)32-44/h1-32H. The molecule has 0 radical (unpaired) electrons. The van der Waals surface area contributed by atoms with Crippen molar-refractivity contribution in [3.05, 3.63) is 194 Å². The summed E-state index contributed by atoms with van der Waals surface area (Å²) in [4.78, 5) is 4.64. The Morgan fingerprint density at radius 2 is 0.522 bits per heavy atom. The fourth-order valence-corrected chi connectivity index (χ4v) is 6.29. The van der Waals surface area contributed by atoms with Crippen LogP contribution in [0.25, 0.3) is 32.7 Å². The molecule has 218 valence electrons. The summed E-state index contributed by atoms with van der Waals surface area (Å²) in [6, 6.07) is 69.3. The van der Waals surface area contributed by atoms with Crippen LogP contribution in [-0.2, 0) is 0 Å². The fraction of sp³-hybridized carbons (Fsp3) is 0. The topological polar surface area (TPSA) is 6.48 Å². The summed E-state index contributed by atoms with van der Waals surface area (Å²) in [5.74, 6) is 0. The molecule has 0 aliphatic heterocycles. The van der Waals surface area contributed by atoms with Crippen molar-refractivity contribution in [2.75, 3.05) is 9.80 Å². The van der Waals surface area contributed by atoms with Crippen molar-refractivity contribution >= 4 is 55.7 Å². The molecule has 46 heavy (non-hydrogen) atoms. The maximum Gasteiger partial charge on any atom is 0.0468 e. The van der Waals surface area contributed by atoms with Crippen LogP contribution >= 0.6 is 0 Å². The molecule has 2 heteroatoms. The van der Waals surface area contributed by atoms with E-state index in [9.17, 15) is 0 Å². The van der Waals surface area contributed by atoms with Gasteiger partial charge in [-0.1, -0.05) is 121 Å². The van der Waals surface area contributed by atoms with Gasteiger partial charge >= 0.3 is 0 Å². The van der Waals surface area contributed by atoms with Gasteiger partial charge in [0, 0.05) is 34.1 Å². The molecule has 0 N–H and O–H groups in total. The highest BCUT2D eigenvalue weighted by Gasteiger charge is 2.15. The zero-order valence-electron chi connectivity index (χ0n) is 25.4. The van der Waals surface area contributed by atoms with Gasteiger partial charge in [-0.25, -0.2) is 0 Å². The molecule has 0 saturated carbocycles. The van der Waals surface area contributed by atoms with Crippen molar-refractivity contribution in [3.63, 3.8) is 0 Å². The zero-order valence-corrected chi connectivity index (χ0v) is 25.4. The number of fused-ring (bicyclic) bond motifs is 2. The lowest BCUT2D eigenvalue weighted by Crippen LogP contribution is -2.10. The van der Waals surface area contributed by atoms with E-state index in [0.29, 0.717) is 0 Å². The second kappa shape index (κ2) is 12.1. The van der Waals surface area contributed by atoms with E-state index in [1.165, 1.54) is 32.7 Å². The normalized spacial score (nSPS) is 11.0. The molecule has 0 aliphatic carbocycles. The van der Waals surface area contributed by atoms with Crippen LogP contribution in [-0.4, -0.2) is 0 Å². The van der Waals surface area contributed by atoms with Crippen molar-refractivity contribution in [1.82, 2.24) is 0 Å². The van der Waals surface area contributed by atoms with Gasteiger partial charge in [-0.15, -0.1) is 0 Å². The predicted octanol–water partition coefficient (Wildman–Crippen LogP) is 12.6. The van der Waals surface area contributed by atoms with Crippen LogP contribution < -0.4 is 9.80 Å². The van der Waals surface area contributed by atoms with E-state index in [-0.39, 0.29) is 0 Å². The molecule has 0 heterocycles. The maximum absolute atomic E-state index is 2.32. The Morgan fingerprint density at radius 3 is 0.913 bits per heavy atom. The highest BCUT2D eigenvalue weighted by atomic mass is 15.1. The van der Waals surface area contributed by atoms with E-state index < -0.39 is 0 Å². The lowest BCUT2D eigenvalue weighted by molar-refractivity contribution is 1.28. The van der Waals surface area contributed by atoms with Crippen LogP contribution in [0.15, 0.2) is 194 Å². The van der Waals surface area contributed by atoms with Gasteiger partial charge < -0.3 is 9.80 Å². The molecule has 0 amide bonds. The van der Waals surface area contributed by atoms with Crippen LogP contribution in [0.4, 0.5) is 34.1 Å². The summed E-state index contributed by atoms with van der Waals surface area (Å²) < 4.78 is 0. The molecule has 0 aliphatic rings. The Hall–Kier alpha value is -6.12. The quantitative estimate of drug-likeness (QED) is 0.183. The van der Waals surface area contributed by atoms with Gasteiger partial charge in [0.05, 0.1) is 0 Å². The SMILES string of the molecule is c1ccc(N(c2ccc(-c3ccc(N(c4ccccc4)c4ccc5ccccc5c4)cc3)cc2)c2ccc3ccccc3c2)cc1.